The summed E-state index contributed by atoms with van der Waals surface area (Å²) in [6.07, 6.45) is 3.04. The number of carbonyl (C=O) groups excluding carboxylic acids is 1. The predicted octanol–water partition coefficient (Wildman–Crippen LogP) is 3.55. The van der Waals surface area contributed by atoms with Crippen LogP contribution >= 0.6 is 0 Å². The maximum absolute atomic E-state index is 12.5. The molecule has 0 saturated heterocycles. The standard InChI is InChI=1S/C17H21N3O/c1-13(2)9-10-18-17(21)20-12-14-6-5-11-19(14)15-7-3-4-8-16(15)20/h3-8,11,13H,9-10,12H2,1-2H3,(H,18,21). The number of nitrogens with one attached hydrogen (secondary N) is 1. The van der Waals surface area contributed by atoms with E-state index in [2.05, 4.69) is 29.8 Å². The van der Waals surface area contributed by atoms with Gasteiger partial charge in [0.2, 0.25) is 0 Å². The number of para-hydroxylation sites is 2. The Morgan fingerprint density at radius 1 is 1.19 bits per heavy atom. The van der Waals surface area contributed by atoms with Gasteiger partial charge >= 0.3 is 6.03 Å². The maximum Gasteiger partial charge on any atom is 0.322 e. The summed E-state index contributed by atoms with van der Waals surface area (Å²) in [6.45, 7) is 5.65. The summed E-state index contributed by atoms with van der Waals surface area (Å²) in [5.41, 5.74) is 3.15. The SMILES string of the molecule is CC(C)CCNC(=O)N1Cc2cccn2-c2ccccc21. The number of hydrogen-bond donors (Lipinski definition) is 1. The minimum absolute atomic E-state index is 0.0180. The summed E-state index contributed by atoms with van der Waals surface area (Å²) in [5, 5.41) is 3.03. The third-order valence-corrected chi connectivity index (χ3v) is 3.83. The van der Waals surface area contributed by atoms with Crippen molar-refractivity contribution in [3.63, 3.8) is 0 Å². The van der Waals surface area contributed by atoms with Gasteiger partial charge in [-0.25, -0.2) is 4.79 Å². The second-order valence-corrected chi connectivity index (χ2v) is 5.86. The van der Waals surface area contributed by atoms with Crippen LogP contribution in [0.15, 0.2) is 42.6 Å². The average molecular weight is 283 g/mol. The molecule has 110 valence electrons. The predicted molar refractivity (Wildman–Crippen MR) is 84.8 cm³/mol. The van der Waals surface area contributed by atoms with Crippen molar-refractivity contribution >= 4 is 11.7 Å². The number of carbonyl (C=O) groups is 1. The first-order valence-corrected chi connectivity index (χ1v) is 7.48. The molecule has 4 nitrogen and oxygen atoms in total. The topological polar surface area (TPSA) is 37.3 Å². The summed E-state index contributed by atoms with van der Waals surface area (Å²) >= 11 is 0. The zero-order valence-corrected chi connectivity index (χ0v) is 12.5. The molecule has 1 aliphatic heterocycles. The molecule has 0 fully saturated rings. The van der Waals surface area contributed by atoms with Crippen LogP contribution in [0.4, 0.5) is 10.5 Å². The molecule has 2 aromatic rings. The fraction of sp³-hybridized carbons (Fsp3) is 0.353. The van der Waals surface area contributed by atoms with Gasteiger partial charge in [0.15, 0.2) is 0 Å². The van der Waals surface area contributed by atoms with E-state index < -0.39 is 0 Å². The molecule has 0 spiro atoms. The highest BCUT2D eigenvalue weighted by atomic mass is 16.2. The molecule has 4 heteroatoms. The van der Waals surface area contributed by atoms with Gasteiger partial charge in [-0.05, 0) is 36.6 Å². The molecule has 0 aliphatic carbocycles. The number of benzene rings is 1. The third-order valence-electron chi connectivity index (χ3n) is 3.83. The summed E-state index contributed by atoms with van der Waals surface area (Å²) in [6, 6.07) is 12.1. The maximum atomic E-state index is 12.5. The second-order valence-electron chi connectivity index (χ2n) is 5.86. The van der Waals surface area contributed by atoms with Crippen molar-refractivity contribution < 1.29 is 4.79 Å². The van der Waals surface area contributed by atoms with E-state index in [1.54, 1.807) is 0 Å². The Hall–Kier alpha value is -2.23. The molecule has 0 unspecified atom stereocenters. The lowest BCUT2D eigenvalue weighted by molar-refractivity contribution is 0.245. The molecule has 2 heterocycles. The Morgan fingerprint density at radius 3 is 2.71 bits per heavy atom. The Kier molecular flexibility index (Phi) is 3.69. The number of nitrogens with zero attached hydrogens (tertiary/aromatic N) is 2. The minimum Gasteiger partial charge on any atom is -0.338 e. The average Bonchev–Trinajstić information content (AvgIpc) is 2.94. The number of aromatic nitrogens is 1. The van der Waals surface area contributed by atoms with Gasteiger partial charge in [0.05, 0.1) is 17.9 Å². The molecular formula is C17H21N3O. The Balaban J connectivity index is 1.83. The summed E-state index contributed by atoms with van der Waals surface area (Å²) < 4.78 is 2.15. The molecule has 0 bridgehead atoms. The van der Waals surface area contributed by atoms with Crippen molar-refractivity contribution in [3.05, 3.63) is 48.3 Å². The second kappa shape index (κ2) is 5.64. The fourth-order valence-electron chi connectivity index (χ4n) is 2.67. The van der Waals surface area contributed by atoms with E-state index in [-0.39, 0.29) is 6.03 Å². The van der Waals surface area contributed by atoms with Gasteiger partial charge < -0.3 is 9.88 Å². The molecule has 1 N–H and O–H groups in total. The van der Waals surface area contributed by atoms with Gasteiger partial charge in [0.25, 0.3) is 0 Å². The van der Waals surface area contributed by atoms with Crippen LogP contribution in [0.1, 0.15) is 26.0 Å². The van der Waals surface area contributed by atoms with Crippen molar-refractivity contribution in [2.75, 3.05) is 11.4 Å². The number of rotatable bonds is 3. The van der Waals surface area contributed by atoms with Crippen LogP contribution in [0.3, 0.4) is 0 Å². The van der Waals surface area contributed by atoms with Crippen molar-refractivity contribution in [1.29, 1.82) is 0 Å². The quantitative estimate of drug-likeness (QED) is 0.919. The van der Waals surface area contributed by atoms with E-state index in [1.165, 1.54) is 0 Å². The van der Waals surface area contributed by atoms with E-state index >= 15 is 0 Å². The van der Waals surface area contributed by atoms with Crippen LogP contribution < -0.4 is 10.2 Å². The molecular weight excluding hydrogens is 262 g/mol. The molecule has 0 atom stereocenters. The van der Waals surface area contributed by atoms with Crippen LogP contribution in [0.25, 0.3) is 5.69 Å². The first kappa shape index (κ1) is 13.7. The van der Waals surface area contributed by atoms with E-state index in [9.17, 15) is 4.79 Å². The third kappa shape index (κ3) is 2.66. The molecule has 1 aromatic carbocycles. The van der Waals surface area contributed by atoms with Crippen LogP contribution in [0, 0.1) is 5.92 Å². The zero-order chi connectivity index (χ0) is 14.8. The highest BCUT2D eigenvalue weighted by molar-refractivity contribution is 5.94. The van der Waals surface area contributed by atoms with Gasteiger partial charge in [-0.2, -0.15) is 0 Å². The van der Waals surface area contributed by atoms with Gasteiger partial charge in [0.1, 0.15) is 0 Å². The highest BCUT2D eigenvalue weighted by Gasteiger charge is 2.25. The van der Waals surface area contributed by atoms with E-state index in [0.29, 0.717) is 12.5 Å². The van der Waals surface area contributed by atoms with Crippen LogP contribution in [-0.4, -0.2) is 17.1 Å². The number of fused-ring (bicyclic) bond motifs is 3. The van der Waals surface area contributed by atoms with Crippen LogP contribution in [0.2, 0.25) is 0 Å². The number of hydrogen-bond acceptors (Lipinski definition) is 1. The summed E-state index contributed by atoms with van der Waals surface area (Å²) in [5.74, 6) is 0.594. The van der Waals surface area contributed by atoms with Crippen LogP contribution in [0.5, 0.6) is 0 Å². The van der Waals surface area contributed by atoms with Gasteiger partial charge in [-0.15, -0.1) is 0 Å². The van der Waals surface area contributed by atoms with E-state index in [1.807, 2.05) is 41.4 Å². The normalized spacial score (nSPS) is 13.0. The molecule has 2 amide bonds. The number of amides is 2. The smallest absolute Gasteiger partial charge is 0.322 e. The molecule has 1 aromatic heterocycles. The molecule has 0 saturated carbocycles. The van der Waals surface area contributed by atoms with Gasteiger partial charge in [-0.3, -0.25) is 4.90 Å². The summed E-state index contributed by atoms with van der Waals surface area (Å²) in [4.78, 5) is 14.3. The molecule has 1 aliphatic rings. The first-order valence-electron chi connectivity index (χ1n) is 7.48. The van der Waals surface area contributed by atoms with Crippen molar-refractivity contribution in [1.82, 2.24) is 9.88 Å². The Bertz CT molecular complexity index is 645. The molecule has 21 heavy (non-hydrogen) atoms. The van der Waals surface area contributed by atoms with Crippen molar-refractivity contribution in [2.45, 2.75) is 26.8 Å². The zero-order valence-electron chi connectivity index (χ0n) is 12.5. The number of urea groups is 1. The lowest BCUT2D eigenvalue weighted by Crippen LogP contribution is -2.42. The Morgan fingerprint density at radius 2 is 1.95 bits per heavy atom. The van der Waals surface area contributed by atoms with Crippen molar-refractivity contribution in [2.24, 2.45) is 5.92 Å². The van der Waals surface area contributed by atoms with E-state index in [0.717, 1.165) is 30.0 Å². The number of anilines is 1. The van der Waals surface area contributed by atoms with Crippen molar-refractivity contribution in [3.8, 4) is 5.69 Å². The molecule has 3 rings (SSSR count). The first-order chi connectivity index (χ1) is 10.2. The highest BCUT2D eigenvalue weighted by Crippen LogP contribution is 2.31. The van der Waals surface area contributed by atoms with Crippen LogP contribution in [-0.2, 0) is 6.54 Å². The lowest BCUT2D eigenvalue weighted by Gasteiger charge is -2.31. The van der Waals surface area contributed by atoms with Gasteiger partial charge in [-0.1, -0.05) is 26.0 Å². The Labute approximate surface area is 125 Å². The monoisotopic (exact) mass is 283 g/mol. The van der Waals surface area contributed by atoms with E-state index in [4.69, 9.17) is 0 Å². The van der Waals surface area contributed by atoms with Gasteiger partial charge in [0, 0.05) is 18.4 Å². The minimum atomic E-state index is -0.0180. The molecule has 0 radical (unpaired) electrons. The lowest BCUT2D eigenvalue weighted by atomic mass is 10.1. The summed E-state index contributed by atoms with van der Waals surface area (Å²) in [7, 11) is 0. The largest absolute Gasteiger partial charge is 0.338 e. The fourth-order valence-corrected chi connectivity index (χ4v) is 2.67.